The van der Waals surface area contributed by atoms with Crippen molar-refractivity contribution in [3.8, 4) is 0 Å². The summed E-state index contributed by atoms with van der Waals surface area (Å²) in [6.07, 6.45) is 8.20. The van der Waals surface area contributed by atoms with Crippen LogP contribution in [0.1, 0.15) is 61.9 Å². The number of hydrogen-bond donors (Lipinski definition) is 2. The van der Waals surface area contributed by atoms with Gasteiger partial charge in [0.1, 0.15) is 11.4 Å². The second-order valence-corrected chi connectivity index (χ2v) is 11.5. The topological polar surface area (TPSA) is 65.5 Å². The Hall–Kier alpha value is -3.05. The van der Waals surface area contributed by atoms with Gasteiger partial charge in [0.25, 0.3) is 0 Å². The number of rotatable bonds is 6. The molecule has 2 N–H and O–H groups in total. The lowest BCUT2D eigenvalue weighted by molar-refractivity contribution is 0.0697. The predicted molar refractivity (Wildman–Crippen MR) is 147 cm³/mol. The molecule has 0 radical (unpaired) electrons. The summed E-state index contributed by atoms with van der Waals surface area (Å²) in [6, 6.07) is 17.5. The average Bonchev–Trinajstić information content (AvgIpc) is 2.84. The zero-order valence-electron chi connectivity index (χ0n) is 21.2. The Kier molecular flexibility index (Phi) is 6.69. The lowest BCUT2D eigenvalue weighted by atomic mass is 9.57. The summed E-state index contributed by atoms with van der Waals surface area (Å²) in [4.78, 5) is 17.7. The number of carbonyl (C=O) groups is 1. The third kappa shape index (κ3) is 4.94. The molecule has 2 unspecified atom stereocenters. The molecular weight excluding hydrogens is 470 g/mol. The maximum atomic E-state index is 11.6. The van der Waals surface area contributed by atoms with Crippen molar-refractivity contribution >= 4 is 40.5 Å². The average molecular weight is 504 g/mol. The van der Waals surface area contributed by atoms with Crippen LogP contribution in [0.2, 0.25) is 5.02 Å². The molecule has 6 heteroatoms. The van der Waals surface area contributed by atoms with E-state index in [0.29, 0.717) is 5.82 Å². The highest BCUT2D eigenvalue weighted by Crippen LogP contribution is 2.51. The number of nitrogens with zero attached hydrogens (tertiary/aromatic N) is 2. The van der Waals surface area contributed by atoms with Crippen LogP contribution in [0.3, 0.4) is 0 Å². The number of carboxylic acid groups (broad SMARTS) is 1. The van der Waals surface area contributed by atoms with Crippen molar-refractivity contribution in [3.05, 3.63) is 76.9 Å². The van der Waals surface area contributed by atoms with Crippen molar-refractivity contribution in [2.45, 2.75) is 51.4 Å². The van der Waals surface area contributed by atoms with Crippen molar-refractivity contribution in [2.24, 2.45) is 17.8 Å². The largest absolute Gasteiger partial charge is 0.478 e. The van der Waals surface area contributed by atoms with Crippen LogP contribution in [0.25, 0.3) is 0 Å². The normalized spacial score (nSPS) is 25.3. The van der Waals surface area contributed by atoms with Gasteiger partial charge >= 0.3 is 5.97 Å². The molecule has 5 rings (SSSR count). The molecule has 1 aromatic heterocycles. The summed E-state index contributed by atoms with van der Waals surface area (Å²) in [5.74, 6) is 1.90. The molecule has 0 spiro atoms. The summed E-state index contributed by atoms with van der Waals surface area (Å²) in [5, 5.41) is 13.7. The van der Waals surface area contributed by atoms with Crippen LogP contribution in [0, 0.1) is 17.8 Å². The monoisotopic (exact) mass is 503 g/mol. The van der Waals surface area contributed by atoms with Gasteiger partial charge in [-0.25, -0.2) is 9.78 Å². The van der Waals surface area contributed by atoms with Gasteiger partial charge in [0.05, 0.1) is 10.7 Å². The van der Waals surface area contributed by atoms with E-state index in [9.17, 15) is 9.90 Å². The number of benzene rings is 2. The maximum absolute atomic E-state index is 11.6. The Bertz CT molecular complexity index is 1260. The van der Waals surface area contributed by atoms with Crippen LogP contribution in [-0.4, -0.2) is 23.1 Å². The minimum absolute atomic E-state index is 0.159. The number of halogens is 1. The quantitative estimate of drug-likeness (QED) is 0.356. The van der Waals surface area contributed by atoms with Gasteiger partial charge in [-0.2, -0.15) is 0 Å². The molecule has 2 fully saturated rings. The fourth-order valence-corrected chi connectivity index (χ4v) is 6.95. The standard InChI is InChI=1S/C30H34ClN3O2/c1-19-12-20-14-21(13-19)18-30(2,17-20)22-9-10-27(26(31)15-22)33-23-6-4-7-24(16-23)34(3)28-25(29(35)36)8-5-11-32-28/h4-11,15-16,19-21,33H,12-14,17-18H2,1-3H3,(H,35,36). The van der Waals surface area contributed by atoms with Crippen molar-refractivity contribution in [3.63, 3.8) is 0 Å². The molecule has 2 saturated carbocycles. The number of fused-ring (bicyclic) bond motifs is 2. The van der Waals surface area contributed by atoms with Gasteiger partial charge in [-0.05, 0) is 103 Å². The van der Waals surface area contributed by atoms with Crippen molar-refractivity contribution in [1.82, 2.24) is 4.98 Å². The Morgan fingerprint density at radius 1 is 1.08 bits per heavy atom. The first kappa shape index (κ1) is 24.6. The number of aromatic carboxylic acids is 1. The molecule has 2 aliphatic rings. The number of aromatic nitrogens is 1. The molecule has 0 aliphatic heterocycles. The number of anilines is 4. The van der Waals surface area contributed by atoms with Gasteiger partial charge in [-0.3, -0.25) is 0 Å². The fourth-order valence-electron chi connectivity index (χ4n) is 6.72. The molecule has 2 aromatic carbocycles. The molecule has 1 heterocycles. The van der Waals surface area contributed by atoms with Gasteiger partial charge in [0, 0.05) is 24.6 Å². The van der Waals surface area contributed by atoms with Gasteiger partial charge in [-0.1, -0.05) is 37.6 Å². The molecule has 0 amide bonds. The highest BCUT2D eigenvalue weighted by Gasteiger charge is 2.41. The molecule has 188 valence electrons. The lowest BCUT2D eigenvalue weighted by Crippen LogP contribution is -2.38. The SMILES string of the molecule is CC1CC2CC(C1)CC(C)(c1ccc(Nc3cccc(N(C)c4ncccc4C(=O)O)c3)c(Cl)c1)C2. The van der Waals surface area contributed by atoms with E-state index in [1.165, 1.54) is 37.7 Å². The second kappa shape index (κ2) is 9.78. The Balaban J connectivity index is 1.35. The first-order valence-corrected chi connectivity index (χ1v) is 13.2. The predicted octanol–water partition coefficient (Wildman–Crippen LogP) is 8.05. The number of nitrogens with one attached hydrogen (secondary N) is 1. The molecule has 36 heavy (non-hydrogen) atoms. The third-order valence-electron chi connectivity index (χ3n) is 8.13. The van der Waals surface area contributed by atoms with E-state index in [-0.39, 0.29) is 11.0 Å². The first-order valence-electron chi connectivity index (χ1n) is 12.8. The van der Waals surface area contributed by atoms with E-state index in [2.05, 4.69) is 42.3 Å². The fraction of sp³-hybridized carbons (Fsp3) is 0.400. The maximum Gasteiger partial charge on any atom is 0.339 e. The smallest absolute Gasteiger partial charge is 0.339 e. The van der Waals surface area contributed by atoms with E-state index in [4.69, 9.17) is 11.6 Å². The van der Waals surface area contributed by atoms with Crippen molar-refractivity contribution < 1.29 is 9.90 Å². The molecular formula is C30H34ClN3O2. The highest BCUT2D eigenvalue weighted by molar-refractivity contribution is 6.33. The van der Waals surface area contributed by atoms with Gasteiger partial charge in [0.2, 0.25) is 0 Å². The minimum atomic E-state index is -1.00. The summed E-state index contributed by atoms with van der Waals surface area (Å²) in [7, 11) is 1.82. The van der Waals surface area contributed by atoms with E-state index < -0.39 is 5.97 Å². The Morgan fingerprint density at radius 2 is 1.83 bits per heavy atom. The van der Waals surface area contributed by atoms with E-state index >= 15 is 0 Å². The van der Waals surface area contributed by atoms with E-state index in [1.54, 1.807) is 23.2 Å². The minimum Gasteiger partial charge on any atom is -0.478 e. The molecule has 2 bridgehead atoms. The molecule has 3 aromatic rings. The number of carboxylic acids is 1. The molecule has 2 aliphatic carbocycles. The molecule has 2 atom stereocenters. The number of pyridine rings is 1. The summed E-state index contributed by atoms with van der Waals surface area (Å²) in [6.45, 7) is 4.83. The van der Waals surface area contributed by atoms with Crippen molar-refractivity contribution in [1.29, 1.82) is 0 Å². The zero-order chi connectivity index (χ0) is 25.4. The first-order chi connectivity index (χ1) is 17.2. The third-order valence-corrected chi connectivity index (χ3v) is 8.44. The zero-order valence-corrected chi connectivity index (χ0v) is 21.9. The van der Waals surface area contributed by atoms with Crippen LogP contribution < -0.4 is 10.2 Å². The number of hydrogen-bond acceptors (Lipinski definition) is 4. The highest BCUT2D eigenvalue weighted by atomic mass is 35.5. The van der Waals surface area contributed by atoms with Crippen LogP contribution in [0.5, 0.6) is 0 Å². The Labute approximate surface area is 218 Å². The summed E-state index contributed by atoms with van der Waals surface area (Å²) >= 11 is 6.81. The van der Waals surface area contributed by atoms with E-state index in [1.807, 2.05) is 31.3 Å². The van der Waals surface area contributed by atoms with Gasteiger partial charge in [-0.15, -0.1) is 0 Å². The van der Waals surface area contributed by atoms with Crippen LogP contribution >= 0.6 is 11.6 Å². The van der Waals surface area contributed by atoms with E-state index in [0.717, 1.165) is 39.8 Å². The van der Waals surface area contributed by atoms with Gasteiger partial charge in [0.15, 0.2) is 0 Å². The Morgan fingerprint density at radius 3 is 2.53 bits per heavy atom. The lowest BCUT2D eigenvalue weighted by Gasteiger charge is -2.47. The second-order valence-electron chi connectivity index (χ2n) is 11.1. The molecule has 0 saturated heterocycles. The van der Waals surface area contributed by atoms with Crippen LogP contribution in [-0.2, 0) is 5.41 Å². The van der Waals surface area contributed by atoms with Gasteiger partial charge < -0.3 is 15.3 Å². The summed E-state index contributed by atoms with van der Waals surface area (Å²) < 4.78 is 0. The summed E-state index contributed by atoms with van der Waals surface area (Å²) in [5.41, 5.74) is 4.23. The van der Waals surface area contributed by atoms with Crippen LogP contribution in [0.4, 0.5) is 22.9 Å². The molecule has 5 nitrogen and oxygen atoms in total. The van der Waals surface area contributed by atoms with Crippen molar-refractivity contribution in [2.75, 3.05) is 17.3 Å². The van der Waals surface area contributed by atoms with Crippen LogP contribution in [0.15, 0.2) is 60.8 Å².